The number of nitrogens with two attached hydrogens (primary N) is 1. The molecule has 7 nitrogen and oxygen atoms in total. The minimum absolute atomic E-state index is 0.104. The van der Waals surface area contributed by atoms with Crippen molar-refractivity contribution >= 4 is 11.7 Å². The van der Waals surface area contributed by atoms with Crippen molar-refractivity contribution < 1.29 is 15.0 Å². The van der Waals surface area contributed by atoms with Crippen LogP contribution in [-0.4, -0.2) is 57.7 Å². The summed E-state index contributed by atoms with van der Waals surface area (Å²) >= 11 is 0. The van der Waals surface area contributed by atoms with E-state index in [4.69, 9.17) is 5.73 Å². The largest absolute Gasteiger partial charge is 0.393 e. The molecular weight excluding hydrogens is 440 g/mol. The molecule has 0 unspecified atom stereocenters. The molecule has 0 bridgehead atoms. The number of carbonyl (C=O) groups excluding carboxylic acids is 1. The van der Waals surface area contributed by atoms with E-state index in [1.54, 1.807) is 0 Å². The smallest absolute Gasteiger partial charge is 0.332 e. The van der Waals surface area contributed by atoms with Gasteiger partial charge in [0.15, 0.2) is 0 Å². The van der Waals surface area contributed by atoms with Crippen molar-refractivity contribution in [3.05, 3.63) is 0 Å². The Morgan fingerprint density at radius 3 is 2.60 bits per heavy atom. The molecule has 2 heterocycles. The molecule has 0 aromatic heterocycles. The Labute approximate surface area is 210 Å². The van der Waals surface area contributed by atoms with Crippen LogP contribution in [0.2, 0.25) is 0 Å². The van der Waals surface area contributed by atoms with Gasteiger partial charge in [-0.05, 0) is 112 Å². The fourth-order valence-electron chi connectivity index (χ4n) is 10.6. The number of nitrogens with zero attached hydrogens (tertiary/aromatic N) is 2. The van der Waals surface area contributed by atoms with Crippen molar-refractivity contribution in [1.29, 1.82) is 0 Å². The van der Waals surface area contributed by atoms with Crippen molar-refractivity contribution in [1.82, 2.24) is 10.3 Å². The molecule has 196 valence electrons. The zero-order chi connectivity index (χ0) is 24.7. The van der Waals surface area contributed by atoms with Gasteiger partial charge in [0.1, 0.15) is 0 Å². The van der Waals surface area contributed by atoms with E-state index in [1.807, 2.05) is 0 Å². The Hall–Kier alpha value is -1.18. The Morgan fingerprint density at radius 2 is 1.83 bits per heavy atom. The van der Waals surface area contributed by atoms with Crippen LogP contribution < -0.4 is 11.2 Å². The first kappa shape index (κ1) is 24.2. The summed E-state index contributed by atoms with van der Waals surface area (Å²) < 4.78 is 0. The Bertz CT molecular complexity index is 891. The molecule has 0 aromatic carbocycles. The third-order valence-electron chi connectivity index (χ3n) is 12.1. The van der Waals surface area contributed by atoms with Crippen LogP contribution in [0.25, 0.3) is 0 Å². The Kier molecular flexibility index (Phi) is 5.82. The van der Waals surface area contributed by atoms with Gasteiger partial charge in [-0.1, -0.05) is 13.8 Å². The second kappa shape index (κ2) is 8.42. The van der Waals surface area contributed by atoms with E-state index in [0.717, 1.165) is 57.3 Å². The molecule has 4 saturated carbocycles. The molecule has 2 aliphatic heterocycles. The number of piperidine rings is 2. The fourth-order valence-corrected chi connectivity index (χ4v) is 10.6. The first-order valence-corrected chi connectivity index (χ1v) is 14.4. The van der Waals surface area contributed by atoms with Gasteiger partial charge in [0.05, 0.1) is 11.7 Å². The number of rotatable bonds is 1. The number of nitrogens with one attached hydrogen (secondary N) is 1. The van der Waals surface area contributed by atoms with E-state index in [-0.39, 0.29) is 17.4 Å². The Morgan fingerprint density at radius 1 is 1.03 bits per heavy atom. The number of fused-ring (bicyclic) bond motifs is 8. The number of hydrogen-bond donors (Lipinski definition) is 4. The lowest BCUT2D eigenvalue weighted by molar-refractivity contribution is -0.175. The van der Waals surface area contributed by atoms with Crippen molar-refractivity contribution in [2.24, 2.45) is 63.6 Å². The van der Waals surface area contributed by atoms with Crippen LogP contribution in [0.3, 0.4) is 0 Å². The van der Waals surface area contributed by atoms with Gasteiger partial charge in [0.25, 0.3) is 0 Å². The summed E-state index contributed by atoms with van der Waals surface area (Å²) in [7, 11) is 0. The number of carbonyl (C=O) groups is 1. The molecule has 0 radical (unpaired) electrons. The summed E-state index contributed by atoms with van der Waals surface area (Å²) in [5, 5.41) is 27.0. The molecule has 0 spiro atoms. The number of primary amides is 1. The number of urea groups is 1. The molecule has 7 heteroatoms. The molecule has 5 N–H and O–H groups in total. The van der Waals surface area contributed by atoms with Crippen LogP contribution in [0.4, 0.5) is 4.79 Å². The van der Waals surface area contributed by atoms with Gasteiger partial charge < -0.3 is 15.9 Å². The first-order chi connectivity index (χ1) is 16.6. The molecule has 0 aromatic rings. The normalized spacial score (nSPS) is 54.7. The number of aliphatic hydroxyl groups excluding tert-OH is 1. The number of amides is 2. The standard InChI is InChI=1S/C28H46N4O3/c1-15-4-7-25-28(3,35)21-6-5-17-18(20(21)14-32(25)13-15)11-22-19(17)12-24(30-31-26(29)34)23-10-16(33)8-9-27(22,23)2/h15-23,25,33,35H,4-14H2,1-3H3,(H3,29,31,34)/b30-24-/t15-,16+,17-,18-,19+,20+,21+,22+,23-,25+,27+,28+/m1/s1. The van der Waals surface area contributed by atoms with E-state index in [9.17, 15) is 15.0 Å². The minimum atomic E-state index is -0.614. The highest BCUT2D eigenvalue weighted by atomic mass is 16.3. The van der Waals surface area contributed by atoms with E-state index < -0.39 is 11.6 Å². The average Bonchev–Trinajstić information content (AvgIpc) is 3.18. The van der Waals surface area contributed by atoms with Crippen molar-refractivity contribution in [3.63, 3.8) is 0 Å². The quantitative estimate of drug-likeness (QED) is 0.426. The van der Waals surface area contributed by atoms with Crippen LogP contribution in [0.1, 0.15) is 78.6 Å². The van der Waals surface area contributed by atoms with Gasteiger partial charge in [-0.2, -0.15) is 5.10 Å². The summed E-state index contributed by atoms with van der Waals surface area (Å²) in [6.45, 7) is 9.24. The summed E-state index contributed by atoms with van der Waals surface area (Å²) in [6, 6.07) is -0.294. The summed E-state index contributed by atoms with van der Waals surface area (Å²) in [5.74, 6) is 4.42. The topological polar surface area (TPSA) is 111 Å². The van der Waals surface area contributed by atoms with Crippen LogP contribution in [0.15, 0.2) is 5.10 Å². The van der Waals surface area contributed by atoms with Gasteiger partial charge in [-0.25, -0.2) is 10.2 Å². The molecule has 2 saturated heterocycles. The van der Waals surface area contributed by atoms with Gasteiger partial charge in [-0.3, -0.25) is 4.90 Å². The molecule has 6 rings (SSSR count). The predicted octanol–water partition coefficient (Wildman–Crippen LogP) is 3.34. The van der Waals surface area contributed by atoms with Gasteiger partial charge in [0.2, 0.25) is 0 Å². The molecule has 12 atom stereocenters. The van der Waals surface area contributed by atoms with E-state index in [0.29, 0.717) is 47.5 Å². The molecule has 35 heavy (non-hydrogen) atoms. The molecule has 6 aliphatic rings. The number of aliphatic hydroxyl groups is 2. The lowest BCUT2D eigenvalue weighted by Crippen LogP contribution is -2.67. The number of hydrogen-bond acceptors (Lipinski definition) is 5. The summed E-state index contributed by atoms with van der Waals surface area (Å²) in [5.41, 5.74) is 8.47. The van der Waals surface area contributed by atoms with E-state index >= 15 is 0 Å². The molecular formula is C28H46N4O3. The zero-order valence-electron chi connectivity index (χ0n) is 21.8. The van der Waals surface area contributed by atoms with E-state index in [1.165, 1.54) is 19.3 Å². The van der Waals surface area contributed by atoms with Gasteiger partial charge >= 0.3 is 6.03 Å². The highest BCUT2D eigenvalue weighted by Crippen LogP contribution is 2.66. The maximum absolute atomic E-state index is 11.9. The van der Waals surface area contributed by atoms with Crippen LogP contribution in [-0.2, 0) is 0 Å². The molecule has 4 aliphatic carbocycles. The van der Waals surface area contributed by atoms with Crippen molar-refractivity contribution in [3.8, 4) is 0 Å². The Balaban J connectivity index is 1.32. The van der Waals surface area contributed by atoms with Crippen molar-refractivity contribution in [2.45, 2.75) is 96.3 Å². The van der Waals surface area contributed by atoms with Crippen LogP contribution in [0, 0.1) is 52.8 Å². The highest BCUT2D eigenvalue weighted by Gasteiger charge is 2.64. The van der Waals surface area contributed by atoms with Gasteiger partial charge in [-0.15, -0.1) is 0 Å². The van der Waals surface area contributed by atoms with E-state index in [2.05, 4.69) is 36.2 Å². The maximum atomic E-state index is 11.9. The minimum Gasteiger partial charge on any atom is -0.393 e. The second-order valence-corrected chi connectivity index (χ2v) is 13.8. The van der Waals surface area contributed by atoms with Crippen LogP contribution >= 0.6 is 0 Å². The average molecular weight is 487 g/mol. The highest BCUT2D eigenvalue weighted by molar-refractivity contribution is 5.90. The molecule has 6 fully saturated rings. The summed E-state index contributed by atoms with van der Waals surface area (Å²) in [6.07, 6.45) is 9.19. The first-order valence-electron chi connectivity index (χ1n) is 14.4. The lowest BCUT2D eigenvalue weighted by atomic mass is 9.51. The number of hydrazone groups is 1. The SMILES string of the molecule is C[C@@H]1CC[C@@H]2N(C1)C[C@H]1[C@@H]3C[C@H]4[C@@H](C/C(=N/NC(N)=O)[C@H]5C[C@@H](O)CC[C@]54C)[C@@H]3CC[C@@H]1[C@]2(C)O. The van der Waals surface area contributed by atoms with Gasteiger partial charge in [0, 0.05) is 30.8 Å². The van der Waals surface area contributed by atoms with Crippen molar-refractivity contribution in [2.75, 3.05) is 13.1 Å². The third-order valence-corrected chi connectivity index (χ3v) is 12.1. The zero-order valence-corrected chi connectivity index (χ0v) is 21.8. The monoisotopic (exact) mass is 486 g/mol. The molecule has 2 amide bonds. The second-order valence-electron chi connectivity index (χ2n) is 13.8. The fraction of sp³-hybridized carbons (Fsp3) is 0.929. The predicted molar refractivity (Wildman–Crippen MR) is 135 cm³/mol. The van der Waals surface area contributed by atoms with Crippen LogP contribution in [0.5, 0.6) is 0 Å². The lowest BCUT2D eigenvalue weighted by Gasteiger charge is -2.59. The maximum Gasteiger partial charge on any atom is 0.332 e. The summed E-state index contributed by atoms with van der Waals surface area (Å²) in [4.78, 5) is 14.1. The third kappa shape index (κ3) is 3.70.